The number of benzene rings is 1. The molecule has 1 aromatic carbocycles. The molecule has 3 saturated heterocycles. The van der Waals surface area contributed by atoms with Crippen LogP contribution in [0.15, 0.2) is 24.3 Å². The van der Waals surface area contributed by atoms with E-state index in [0.717, 1.165) is 55.0 Å². The molecule has 2 aliphatic carbocycles. The molecular weight excluding hydrogens is 472 g/mol. The molecule has 5 unspecified atom stereocenters. The van der Waals surface area contributed by atoms with Gasteiger partial charge in [-0.1, -0.05) is 50.7 Å². The van der Waals surface area contributed by atoms with Crippen molar-refractivity contribution in [1.29, 1.82) is 0 Å². The van der Waals surface area contributed by atoms with E-state index in [9.17, 15) is 9.90 Å². The summed E-state index contributed by atoms with van der Waals surface area (Å²) in [5, 5.41) is 9.65. The number of carboxylic acids is 1. The zero-order valence-electron chi connectivity index (χ0n) is 23.0. The third kappa shape index (κ3) is 4.70. The summed E-state index contributed by atoms with van der Waals surface area (Å²) in [4.78, 5) is 22.2. The maximum atomic E-state index is 11.7. The lowest BCUT2D eigenvalue weighted by Gasteiger charge is -2.55. The molecule has 0 radical (unpaired) electrons. The van der Waals surface area contributed by atoms with E-state index in [4.69, 9.17) is 4.98 Å². The summed E-state index contributed by atoms with van der Waals surface area (Å²) in [7, 11) is 0. The average Bonchev–Trinajstić information content (AvgIpc) is 3.21. The third-order valence-electron chi connectivity index (χ3n) is 11.0. The summed E-state index contributed by atoms with van der Waals surface area (Å²) in [5.41, 5.74) is 2.33. The highest BCUT2D eigenvalue weighted by Crippen LogP contribution is 2.48. The van der Waals surface area contributed by atoms with E-state index >= 15 is 0 Å². The summed E-state index contributed by atoms with van der Waals surface area (Å²) in [6.45, 7) is 0.968. The number of aliphatic carboxylic acids is 1. The number of piperidine rings is 3. The normalized spacial score (nSPS) is 36.7. The van der Waals surface area contributed by atoms with Crippen LogP contribution < -0.4 is 0 Å². The van der Waals surface area contributed by atoms with Gasteiger partial charge in [-0.2, -0.15) is 0 Å². The lowest BCUT2D eigenvalue weighted by atomic mass is 9.73. The molecule has 38 heavy (non-hydrogen) atoms. The summed E-state index contributed by atoms with van der Waals surface area (Å²) >= 11 is 0. The van der Waals surface area contributed by atoms with Crippen LogP contribution in [0.3, 0.4) is 0 Å². The van der Waals surface area contributed by atoms with Crippen molar-refractivity contribution in [2.75, 3.05) is 13.1 Å². The Morgan fingerprint density at radius 3 is 2.24 bits per heavy atom. The van der Waals surface area contributed by atoms with E-state index in [2.05, 4.69) is 38.6 Å². The molecule has 2 saturated carbocycles. The molecule has 1 N–H and O–H groups in total. The second kappa shape index (κ2) is 10.6. The van der Waals surface area contributed by atoms with Crippen LogP contribution in [0.25, 0.3) is 11.0 Å². The summed E-state index contributed by atoms with van der Waals surface area (Å²) in [6.07, 6.45) is 20.0. The van der Waals surface area contributed by atoms with Gasteiger partial charge >= 0.3 is 5.97 Å². The topological polar surface area (TPSA) is 61.6 Å². The fourth-order valence-corrected chi connectivity index (χ4v) is 9.63. The summed E-state index contributed by atoms with van der Waals surface area (Å²) in [6, 6.07) is 11.4. The number of nitrogens with zero attached hydrogens (tertiary/aromatic N) is 4. The Morgan fingerprint density at radius 1 is 0.789 bits per heavy atom. The number of carboxylic acid groups (broad SMARTS) is 1. The smallest absolute Gasteiger partial charge is 0.317 e. The van der Waals surface area contributed by atoms with Crippen LogP contribution in [0.4, 0.5) is 0 Å². The lowest BCUT2D eigenvalue weighted by molar-refractivity contribution is -0.139. The maximum Gasteiger partial charge on any atom is 0.317 e. The first-order valence-electron chi connectivity index (χ1n) is 15.8. The van der Waals surface area contributed by atoms with E-state index in [1.807, 2.05) is 0 Å². The van der Waals surface area contributed by atoms with Gasteiger partial charge in [-0.25, -0.2) is 4.98 Å². The number of aromatic nitrogens is 2. The number of carbonyl (C=O) groups is 1. The van der Waals surface area contributed by atoms with Crippen LogP contribution >= 0.6 is 0 Å². The highest BCUT2D eigenvalue weighted by molar-refractivity contribution is 5.76. The van der Waals surface area contributed by atoms with Crippen LogP contribution in [-0.2, 0) is 4.79 Å². The van der Waals surface area contributed by atoms with Crippen LogP contribution in [0, 0.1) is 11.8 Å². The van der Waals surface area contributed by atoms with Crippen LogP contribution in [0.5, 0.6) is 0 Å². The Bertz CT molecular complexity index is 1120. The number of para-hydroxylation sites is 2. The quantitative estimate of drug-likeness (QED) is 0.485. The monoisotopic (exact) mass is 518 g/mol. The van der Waals surface area contributed by atoms with Crippen LogP contribution in [0.1, 0.15) is 114 Å². The zero-order chi connectivity index (χ0) is 25.6. The Balaban J connectivity index is 1.20. The van der Waals surface area contributed by atoms with Gasteiger partial charge in [-0.15, -0.1) is 0 Å². The highest BCUT2D eigenvalue weighted by atomic mass is 16.4. The molecule has 5 aliphatic rings. The fourth-order valence-electron chi connectivity index (χ4n) is 9.63. The minimum atomic E-state index is -0.726. The predicted molar refractivity (Wildman–Crippen MR) is 150 cm³/mol. The van der Waals surface area contributed by atoms with Gasteiger partial charge in [0.2, 0.25) is 0 Å². The maximum absolute atomic E-state index is 11.7. The van der Waals surface area contributed by atoms with Gasteiger partial charge in [0.15, 0.2) is 0 Å². The minimum absolute atomic E-state index is 0.103. The molecule has 5 atom stereocenters. The molecule has 5 fully saturated rings. The average molecular weight is 519 g/mol. The number of imidazole rings is 1. The molecule has 4 heterocycles. The van der Waals surface area contributed by atoms with Crippen molar-refractivity contribution in [1.82, 2.24) is 19.4 Å². The van der Waals surface area contributed by atoms with Crippen molar-refractivity contribution >= 4 is 17.0 Å². The number of hydrogen-bond acceptors (Lipinski definition) is 4. The second-order valence-corrected chi connectivity index (χ2v) is 13.4. The van der Waals surface area contributed by atoms with Gasteiger partial charge < -0.3 is 9.67 Å². The van der Waals surface area contributed by atoms with Crippen molar-refractivity contribution in [3.8, 4) is 0 Å². The molecule has 4 bridgehead atoms. The van der Waals surface area contributed by atoms with E-state index in [-0.39, 0.29) is 12.6 Å². The Hall–Kier alpha value is -1.92. The first-order valence-corrected chi connectivity index (χ1v) is 15.8. The van der Waals surface area contributed by atoms with Gasteiger partial charge in [-0.3, -0.25) is 14.6 Å². The highest BCUT2D eigenvalue weighted by Gasteiger charge is 2.45. The molecule has 1 aromatic heterocycles. The van der Waals surface area contributed by atoms with Crippen molar-refractivity contribution in [3.63, 3.8) is 0 Å². The predicted octanol–water partition coefficient (Wildman–Crippen LogP) is 6.56. The third-order valence-corrected chi connectivity index (χ3v) is 11.0. The lowest BCUT2D eigenvalue weighted by Crippen LogP contribution is -2.58. The molecule has 0 amide bonds. The Kier molecular flexibility index (Phi) is 6.98. The summed E-state index contributed by atoms with van der Waals surface area (Å²) < 4.78 is 2.60. The number of fused-ring (bicyclic) bond motifs is 5. The van der Waals surface area contributed by atoms with E-state index in [0.29, 0.717) is 18.1 Å². The number of likely N-dealkylation sites (tertiary alicyclic amines) is 1. The Morgan fingerprint density at radius 2 is 1.50 bits per heavy atom. The molecular formula is C32H46N4O2. The largest absolute Gasteiger partial charge is 0.480 e. The molecule has 6 nitrogen and oxygen atoms in total. The van der Waals surface area contributed by atoms with Gasteiger partial charge in [0.05, 0.1) is 23.6 Å². The van der Waals surface area contributed by atoms with Crippen LogP contribution in [0.2, 0.25) is 0 Å². The van der Waals surface area contributed by atoms with E-state index < -0.39 is 5.97 Å². The number of hydrogen-bond donors (Lipinski definition) is 1. The van der Waals surface area contributed by atoms with Crippen molar-refractivity contribution in [2.45, 2.75) is 127 Å². The van der Waals surface area contributed by atoms with Crippen molar-refractivity contribution in [2.24, 2.45) is 11.8 Å². The van der Waals surface area contributed by atoms with E-state index in [1.54, 1.807) is 0 Å². The molecule has 0 spiro atoms. The first kappa shape index (κ1) is 25.1. The fraction of sp³-hybridized carbons (Fsp3) is 0.750. The van der Waals surface area contributed by atoms with Gasteiger partial charge in [0.25, 0.3) is 0 Å². The van der Waals surface area contributed by atoms with Gasteiger partial charge in [0.1, 0.15) is 5.82 Å². The molecule has 3 aliphatic heterocycles. The molecule has 7 rings (SSSR count). The molecule has 206 valence electrons. The molecule has 6 heteroatoms. The van der Waals surface area contributed by atoms with Gasteiger partial charge in [-0.05, 0) is 88.3 Å². The van der Waals surface area contributed by atoms with Gasteiger partial charge in [0, 0.05) is 24.2 Å². The second-order valence-electron chi connectivity index (χ2n) is 13.4. The van der Waals surface area contributed by atoms with Crippen molar-refractivity contribution < 1.29 is 9.90 Å². The first-order chi connectivity index (χ1) is 18.6. The molecule has 2 aromatic rings. The van der Waals surface area contributed by atoms with Crippen molar-refractivity contribution in [3.05, 3.63) is 30.1 Å². The standard InChI is InChI=1S/C32H46N4O2/c37-31(38)21-34-15-6-5-14-30(34)32-33-28-12-3-4-13-29(28)36(32)27-19-24-10-7-11-25(20-27)35(24)26-17-22-8-1-2-9-23(16-22)18-26/h3-4,12-13,22-27,30H,1-2,5-11,14-21H2,(H,37,38). The zero-order valence-corrected chi connectivity index (χ0v) is 23.0. The summed E-state index contributed by atoms with van der Waals surface area (Å²) in [5.74, 6) is 2.34. The minimum Gasteiger partial charge on any atom is -0.480 e. The van der Waals surface area contributed by atoms with Crippen LogP contribution in [-0.4, -0.2) is 61.6 Å². The Labute approximate surface area is 227 Å². The SMILES string of the molecule is O=C(O)CN1CCCCC1c1nc2ccccc2n1C1CC2CCCC(C1)N2C1CC2CCCCC(C2)C1. The van der Waals surface area contributed by atoms with E-state index in [1.165, 1.54) is 82.6 Å². The number of rotatable bonds is 5.